The Morgan fingerprint density at radius 1 is 1.35 bits per heavy atom. The highest BCUT2D eigenvalue weighted by molar-refractivity contribution is 6.32. The minimum Gasteiger partial charge on any atom is -0.345 e. The van der Waals surface area contributed by atoms with Crippen LogP contribution >= 0.6 is 11.6 Å². The Morgan fingerprint density at radius 2 is 2.05 bits per heavy atom. The molecule has 0 aliphatic carbocycles. The number of carbonyl (C=O) groups excluding carboxylic acids is 1. The molecule has 1 aromatic heterocycles. The van der Waals surface area contributed by atoms with Crippen LogP contribution in [0, 0.1) is 11.3 Å². The Morgan fingerprint density at radius 3 is 2.65 bits per heavy atom. The van der Waals surface area contributed by atoms with Gasteiger partial charge in [-0.25, -0.2) is 4.98 Å². The van der Waals surface area contributed by atoms with Crippen molar-refractivity contribution in [1.82, 2.24) is 10.3 Å². The van der Waals surface area contributed by atoms with E-state index in [-0.39, 0.29) is 17.1 Å². The first-order valence-corrected chi connectivity index (χ1v) is 6.41. The molecule has 0 saturated heterocycles. The largest absolute Gasteiger partial charge is 0.345 e. The molecule has 2 aromatic rings. The zero-order valence-electron chi connectivity index (χ0n) is 10.8. The fraction of sp³-hybridized carbons (Fsp3) is 0.133. The molecule has 1 unspecified atom stereocenters. The summed E-state index contributed by atoms with van der Waals surface area (Å²) in [7, 11) is 0. The van der Waals surface area contributed by atoms with Gasteiger partial charge in [-0.1, -0.05) is 23.7 Å². The highest BCUT2D eigenvalue weighted by Crippen LogP contribution is 2.16. The van der Waals surface area contributed by atoms with Crippen molar-refractivity contribution in [2.24, 2.45) is 0 Å². The lowest BCUT2D eigenvalue weighted by Gasteiger charge is -2.14. The van der Waals surface area contributed by atoms with Crippen molar-refractivity contribution in [2.75, 3.05) is 0 Å². The number of hydrogen-bond donors (Lipinski definition) is 1. The van der Waals surface area contributed by atoms with E-state index in [1.54, 1.807) is 24.3 Å². The van der Waals surface area contributed by atoms with Gasteiger partial charge in [-0.05, 0) is 36.8 Å². The highest BCUT2D eigenvalue weighted by atomic mass is 35.5. The SMILES string of the molecule is CC(NC(=O)c1cccnc1Cl)c1ccc(C#N)cc1. The van der Waals surface area contributed by atoms with Gasteiger partial charge in [0.1, 0.15) is 5.15 Å². The van der Waals surface area contributed by atoms with Crippen LogP contribution in [0.2, 0.25) is 5.15 Å². The second kappa shape index (κ2) is 6.18. The Bertz CT molecular complexity index is 662. The zero-order valence-corrected chi connectivity index (χ0v) is 11.6. The van der Waals surface area contributed by atoms with E-state index in [9.17, 15) is 4.79 Å². The minimum atomic E-state index is -0.278. The summed E-state index contributed by atoms with van der Waals surface area (Å²) in [6.45, 7) is 1.86. The molecule has 4 nitrogen and oxygen atoms in total. The molecule has 5 heteroatoms. The number of nitrogens with one attached hydrogen (secondary N) is 1. The number of nitriles is 1. The third kappa shape index (κ3) is 3.14. The van der Waals surface area contributed by atoms with Gasteiger partial charge in [0, 0.05) is 6.20 Å². The monoisotopic (exact) mass is 285 g/mol. The van der Waals surface area contributed by atoms with E-state index in [0.717, 1.165) is 5.56 Å². The molecule has 1 amide bonds. The number of nitrogens with zero attached hydrogens (tertiary/aromatic N) is 2. The number of hydrogen-bond acceptors (Lipinski definition) is 3. The zero-order chi connectivity index (χ0) is 14.5. The van der Waals surface area contributed by atoms with Crippen LogP contribution < -0.4 is 5.32 Å². The second-order valence-corrected chi connectivity index (χ2v) is 4.63. The summed E-state index contributed by atoms with van der Waals surface area (Å²) in [6, 6.07) is 12.2. The summed E-state index contributed by atoms with van der Waals surface area (Å²) in [6.07, 6.45) is 1.53. The van der Waals surface area contributed by atoms with Crippen LogP contribution in [-0.2, 0) is 0 Å². The van der Waals surface area contributed by atoms with Crippen LogP contribution in [-0.4, -0.2) is 10.9 Å². The fourth-order valence-electron chi connectivity index (χ4n) is 1.76. The van der Waals surface area contributed by atoms with Gasteiger partial charge in [0.05, 0.1) is 23.2 Å². The third-order valence-corrected chi connectivity index (χ3v) is 3.19. The van der Waals surface area contributed by atoms with Crippen molar-refractivity contribution < 1.29 is 4.79 Å². The molecule has 0 saturated carbocycles. The van der Waals surface area contributed by atoms with Crippen LogP contribution in [0.3, 0.4) is 0 Å². The normalized spacial score (nSPS) is 11.4. The molecular weight excluding hydrogens is 274 g/mol. The summed E-state index contributed by atoms with van der Waals surface area (Å²) in [4.78, 5) is 16.0. The van der Waals surface area contributed by atoms with Crippen LogP contribution in [0.15, 0.2) is 42.6 Å². The predicted octanol–water partition coefficient (Wildman–Crippen LogP) is 3.10. The Hall–Kier alpha value is -2.38. The topological polar surface area (TPSA) is 65.8 Å². The predicted molar refractivity (Wildman–Crippen MR) is 76.3 cm³/mol. The molecule has 1 aromatic carbocycles. The van der Waals surface area contributed by atoms with Crippen molar-refractivity contribution in [3.63, 3.8) is 0 Å². The summed E-state index contributed by atoms with van der Waals surface area (Å²) >= 11 is 5.88. The maximum atomic E-state index is 12.1. The van der Waals surface area contributed by atoms with Crippen LogP contribution in [0.4, 0.5) is 0 Å². The van der Waals surface area contributed by atoms with Gasteiger partial charge in [0.15, 0.2) is 0 Å². The lowest BCUT2D eigenvalue weighted by Crippen LogP contribution is -2.27. The summed E-state index contributed by atoms with van der Waals surface area (Å²) in [5.74, 6) is -0.278. The Labute approximate surface area is 122 Å². The van der Waals surface area contributed by atoms with Crippen LogP contribution in [0.5, 0.6) is 0 Å². The highest BCUT2D eigenvalue weighted by Gasteiger charge is 2.14. The van der Waals surface area contributed by atoms with Gasteiger partial charge in [0.25, 0.3) is 5.91 Å². The van der Waals surface area contributed by atoms with Crippen molar-refractivity contribution in [3.8, 4) is 6.07 Å². The number of pyridine rings is 1. The molecule has 0 aliphatic rings. The minimum absolute atomic E-state index is 0.178. The summed E-state index contributed by atoms with van der Waals surface area (Å²) in [5.41, 5.74) is 1.84. The number of rotatable bonds is 3. The van der Waals surface area contributed by atoms with E-state index in [1.165, 1.54) is 6.20 Å². The molecule has 0 spiro atoms. The second-order valence-electron chi connectivity index (χ2n) is 4.27. The Kier molecular flexibility index (Phi) is 4.34. The molecule has 0 radical (unpaired) electrons. The number of carbonyl (C=O) groups is 1. The average molecular weight is 286 g/mol. The van der Waals surface area contributed by atoms with E-state index in [1.807, 2.05) is 19.1 Å². The van der Waals surface area contributed by atoms with Crippen molar-refractivity contribution >= 4 is 17.5 Å². The molecule has 1 N–H and O–H groups in total. The van der Waals surface area contributed by atoms with E-state index >= 15 is 0 Å². The first-order chi connectivity index (χ1) is 9.61. The number of halogens is 1. The number of amides is 1. The van der Waals surface area contributed by atoms with Gasteiger partial charge in [-0.2, -0.15) is 5.26 Å². The quantitative estimate of drug-likeness (QED) is 0.881. The van der Waals surface area contributed by atoms with E-state index in [2.05, 4.69) is 16.4 Å². The van der Waals surface area contributed by atoms with Gasteiger partial charge in [-0.3, -0.25) is 4.79 Å². The maximum absolute atomic E-state index is 12.1. The fourth-order valence-corrected chi connectivity index (χ4v) is 1.96. The molecule has 1 atom stereocenters. The number of benzene rings is 1. The first-order valence-electron chi connectivity index (χ1n) is 6.03. The smallest absolute Gasteiger partial charge is 0.254 e. The molecule has 0 bridgehead atoms. The van der Waals surface area contributed by atoms with E-state index < -0.39 is 0 Å². The van der Waals surface area contributed by atoms with Crippen molar-refractivity contribution in [2.45, 2.75) is 13.0 Å². The van der Waals surface area contributed by atoms with Gasteiger partial charge in [0.2, 0.25) is 0 Å². The van der Waals surface area contributed by atoms with Gasteiger partial charge in [-0.15, -0.1) is 0 Å². The maximum Gasteiger partial charge on any atom is 0.254 e. The van der Waals surface area contributed by atoms with E-state index in [4.69, 9.17) is 16.9 Å². The molecule has 2 rings (SSSR count). The number of aromatic nitrogens is 1. The lowest BCUT2D eigenvalue weighted by molar-refractivity contribution is 0.0939. The van der Waals surface area contributed by atoms with Gasteiger partial charge < -0.3 is 5.32 Å². The standard InChI is InChI=1S/C15H12ClN3O/c1-10(12-6-4-11(9-17)5-7-12)19-15(20)13-3-2-8-18-14(13)16/h2-8,10H,1H3,(H,19,20). The third-order valence-electron chi connectivity index (χ3n) is 2.89. The molecule has 20 heavy (non-hydrogen) atoms. The average Bonchev–Trinajstić information content (AvgIpc) is 2.47. The van der Waals surface area contributed by atoms with Crippen LogP contribution in [0.1, 0.15) is 34.5 Å². The molecule has 100 valence electrons. The summed E-state index contributed by atoms with van der Waals surface area (Å²) < 4.78 is 0. The first kappa shape index (κ1) is 14.0. The summed E-state index contributed by atoms with van der Waals surface area (Å²) in [5, 5.41) is 11.8. The van der Waals surface area contributed by atoms with Gasteiger partial charge >= 0.3 is 0 Å². The molecular formula is C15H12ClN3O. The van der Waals surface area contributed by atoms with Crippen LogP contribution in [0.25, 0.3) is 0 Å². The Balaban J connectivity index is 2.11. The van der Waals surface area contributed by atoms with Crippen molar-refractivity contribution in [1.29, 1.82) is 5.26 Å². The van der Waals surface area contributed by atoms with Crippen molar-refractivity contribution in [3.05, 3.63) is 64.4 Å². The van der Waals surface area contributed by atoms with E-state index in [0.29, 0.717) is 11.1 Å². The lowest BCUT2D eigenvalue weighted by atomic mass is 10.1. The molecule has 0 fully saturated rings. The molecule has 1 heterocycles. The molecule has 0 aliphatic heterocycles.